The number of benzene rings is 1. The van der Waals surface area contributed by atoms with Crippen molar-refractivity contribution < 1.29 is 4.74 Å². The van der Waals surface area contributed by atoms with Gasteiger partial charge in [-0.05, 0) is 23.6 Å². The van der Waals surface area contributed by atoms with Crippen LogP contribution in [0.4, 0.5) is 5.82 Å². The average Bonchev–Trinajstić information content (AvgIpc) is 2.86. The summed E-state index contributed by atoms with van der Waals surface area (Å²) in [6, 6.07) is 11.5. The Labute approximate surface area is 108 Å². The zero-order valence-corrected chi connectivity index (χ0v) is 10.4. The number of ether oxygens (including phenoxy) is 1. The SMILES string of the molecule is Nc1nc(COc2ccccc2)nc2sccc12. The molecule has 4 nitrogen and oxygen atoms in total. The molecule has 0 atom stereocenters. The monoisotopic (exact) mass is 257 g/mol. The second-order valence-electron chi connectivity index (χ2n) is 3.77. The van der Waals surface area contributed by atoms with E-state index in [1.807, 2.05) is 41.8 Å². The molecule has 2 heterocycles. The molecule has 0 saturated heterocycles. The molecule has 2 aromatic heterocycles. The summed E-state index contributed by atoms with van der Waals surface area (Å²) in [7, 11) is 0. The Balaban J connectivity index is 1.82. The van der Waals surface area contributed by atoms with Crippen molar-refractivity contribution in [1.82, 2.24) is 9.97 Å². The van der Waals surface area contributed by atoms with Gasteiger partial charge in [0.15, 0.2) is 5.82 Å². The van der Waals surface area contributed by atoms with Crippen molar-refractivity contribution in [3.05, 3.63) is 47.6 Å². The molecule has 1 aromatic carbocycles. The van der Waals surface area contributed by atoms with Gasteiger partial charge < -0.3 is 10.5 Å². The number of thiophene rings is 1. The van der Waals surface area contributed by atoms with Gasteiger partial charge in [-0.3, -0.25) is 0 Å². The highest BCUT2D eigenvalue weighted by Crippen LogP contribution is 2.23. The van der Waals surface area contributed by atoms with Crippen LogP contribution in [0.3, 0.4) is 0 Å². The topological polar surface area (TPSA) is 61.0 Å². The molecule has 0 aliphatic heterocycles. The molecule has 0 spiro atoms. The molecule has 0 amide bonds. The normalized spacial score (nSPS) is 10.7. The van der Waals surface area contributed by atoms with Gasteiger partial charge in [-0.1, -0.05) is 18.2 Å². The van der Waals surface area contributed by atoms with Crippen LogP contribution in [0.2, 0.25) is 0 Å². The van der Waals surface area contributed by atoms with Gasteiger partial charge >= 0.3 is 0 Å². The first-order chi connectivity index (χ1) is 8.83. The zero-order chi connectivity index (χ0) is 12.4. The van der Waals surface area contributed by atoms with Crippen LogP contribution in [0.5, 0.6) is 5.75 Å². The van der Waals surface area contributed by atoms with E-state index in [9.17, 15) is 0 Å². The van der Waals surface area contributed by atoms with Crippen molar-refractivity contribution >= 4 is 27.4 Å². The van der Waals surface area contributed by atoms with Crippen LogP contribution in [-0.2, 0) is 6.61 Å². The van der Waals surface area contributed by atoms with Gasteiger partial charge in [-0.15, -0.1) is 11.3 Å². The lowest BCUT2D eigenvalue weighted by Gasteiger charge is -2.05. The summed E-state index contributed by atoms with van der Waals surface area (Å²) in [6.45, 7) is 0.321. The first-order valence-electron chi connectivity index (χ1n) is 5.50. The fourth-order valence-corrected chi connectivity index (χ4v) is 2.44. The van der Waals surface area contributed by atoms with E-state index in [1.54, 1.807) is 11.3 Å². The number of fused-ring (bicyclic) bond motifs is 1. The summed E-state index contributed by atoms with van der Waals surface area (Å²) >= 11 is 1.55. The van der Waals surface area contributed by atoms with E-state index in [0.29, 0.717) is 18.2 Å². The minimum absolute atomic E-state index is 0.321. The van der Waals surface area contributed by atoms with Gasteiger partial charge in [-0.25, -0.2) is 9.97 Å². The molecule has 0 aliphatic carbocycles. The van der Waals surface area contributed by atoms with Crippen LogP contribution in [0.1, 0.15) is 5.82 Å². The van der Waals surface area contributed by atoms with Gasteiger partial charge in [0.05, 0.1) is 5.39 Å². The second-order valence-corrected chi connectivity index (χ2v) is 4.66. The maximum absolute atomic E-state index is 5.87. The highest BCUT2D eigenvalue weighted by atomic mass is 32.1. The van der Waals surface area contributed by atoms with Crippen LogP contribution in [-0.4, -0.2) is 9.97 Å². The quantitative estimate of drug-likeness (QED) is 0.783. The number of para-hydroxylation sites is 1. The molecular formula is C13H11N3OS. The predicted octanol–water partition coefficient (Wildman–Crippen LogP) is 2.85. The van der Waals surface area contributed by atoms with E-state index in [1.165, 1.54) is 0 Å². The molecule has 2 N–H and O–H groups in total. The molecule has 0 unspecified atom stereocenters. The maximum atomic E-state index is 5.87. The Hall–Kier alpha value is -2.14. The molecule has 90 valence electrons. The Morgan fingerprint density at radius 1 is 1.11 bits per heavy atom. The van der Waals surface area contributed by atoms with Gasteiger partial charge in [0, 0.05) is 0 Å². The lowest BCUT2D eigenvalue weighted by molar-refractivity contribution is 0.296. The smallest absolute Gasteiger partial charge is 0.169 e. The first-order valence-corrected chi connectivity index (χ1v) is 6.38. The Morgan fingerprint density at radius 3 is 2.78 bits per heavy atom. The summed E-state index contributed by atoms with van der Waals surface area (Å²) in [4.78, 5) is 9.55. The van der Waals surface area contributed by atoms with Crippen LogP contribution < -0.4 is 10.5 Å². The molecule has 0 radical (unpaired) electrons. The van der Waals surface area contributed by atoms with E-state index in [4.69, 9.17) is 10.5 Å². The zero-order valence-electron chi connectivity index (χ0n) is 9.54. The molecule has 18 heavy (non-hydrogen) atoms. The molecular weight excluding hydrogens is 246 g/mol. The van der Waals surface area contributed by atoms with E-state index in [-0.39, 0.29) is 0 Å². The van der Waals surface area contributed by atoms with Gasteiger partial charge in [0.1, 0.15) is 23.0 Å². The van der Waals surface area contributed by atoms with Crippen molar-refractivity contribution in [2.24, 2.45) is 0 Å². The highest BCUT2D eigenvalue weighted by molar-refractivity contribution is 7.16. The Bertz CT molecular complexity index is 666. The number of nitrogens with zero attached hydrogens (tertiary/aromatic N) is 2. The molecule has 3 aromatic rings. The minimum Gasteiger partial charge on any atom is -0.486 e. The van der Waals surface area contributed by atoms with E-state index >= 15 is 0 Å². The summed E-state index contributed by atoms with van der Waals surface area (Å²) in [5, 5.41) is 2.86. The Morgan fingerprint density at radius 2 is 1.94 bits per heavy atom. The van der Waals surface area contributed by atoms with E-state index in [2.05, 4.69) is 9.97 Å². The van der Waals surface area contributed by atoms with Crippen LogP contribution >= 0.6 is 11.3 Å². The van der Waals surface area contributed by atoms with Gasteiger partial charge in [0.25, 0.3) is 0 Å². The Kier molecular flexibility index (Phi) is 2.82. The third-order valence-corrected chi connectivity index (χ3v) is 3.32. The van der Waals surface area contributed by atoms with Crippen LogP contribution in [0, 0.1) is 0 Å². The molecule has 0 fully saturated rings. The number of nitrogen functional groups attached to an aromatic ring is 1. The van der Waals surface area contributed by atoms with E-state index < -0.39 is 0 Å². The van der Waals surface area contributed by atoms with Crippen LogP contribution in [0.25, 0.3) is 10.2 Å². The average molecular weight is 257 g/mol. The maximum Gasteiger partial charge on any atom is 0.169 e. The lowest BCUT2D eigenvalue weighted by Crippen LogP contribution is -2.03. The standard InChI is InChI=1S/C13H11N3OS/c14-12-10-6-7-18-13(10)16-11(15-12)8-17-9-4-2-1-3-5-9/h1-7H,8H2,(H2,14,15,16). The number of aromatic nitrogens is 2. The highest BCUT2D eigenvalue weighted by Gasteiger charge is 2.06. The number of hydrogen-bond donors (Lipinski definition) is 1. The van der Waals surface area contributed by atoms with Crippen LogP contribution in [0.15, 0.2) is 41.8 Å². The van der Waals surface area contributed by atoms with Crippen molar-refractivity contribution in [3.8, 4) is 5.75 Å². The van der Waals surface area contributed by atoms with Crippen molar-refractivity contribution in [1.29, 1.82) is 0 Å². The summed E-state index contributed by atoms with van der Waals surface area (Å²) < 4.78 is 5.60. The van der Waals surface area contributed by atoms with Gasteiger partial charge in [-0.2, -0.15) is 0 Å². The van der Waals surface area contributed by atoms with Crippen molar-refractivity contribution in [2.75, 3.05) is 5.73 Å². The third kappa shape index (κ3) is 2.12. The molecule has 5 heteroatoms. The first kappa shape index (κ1) is 11.0. The second kappa shape index (κ2) is 4.62. The molecule has 0 aliphatic rings. The lowest BCUT2D eigenvalue weighted by atomic mass is 10.3. The summed E-state index contributed by atoms with van der Waals surface area (Å²) in [5.41, 5.74) is 5.87. The fourth-order valence-electron chi connectivity index (χ4n) is 1.65. The predicted molar refractivity (Wildman–Crippen MR) is 72.6 cm³/mol. The summed E-state index contributed by atoms with van der Waals surface area (Å²) in [5.74, 6) is 1.91. The molecule has 3 rings (SSSR count). The third-order valence-electron chi connectivity index (χ3n) is 2.51. The van der Waals surface area contributed by atoms with Crippen molar-refractivity contribution in [2.45, 2.75) is 6.61 Å². The summed E-state index contributed by atoms with van der Waals surface area (Å²) in [6.07, 6.45) is 0. The molecule has 0 bridgehead atoms. The number of hydrogen-bond acceptors (Lipinski definition) is 5. The fraction of sp³-hybridized carbons (Fsp3) is 0.0769. The number of anilines is 1. The number of nitrogens with two attached hydrogens (primary N) is 1. The van der Waals surface area contributed by atoms with Gasteiger partial charge in [0.2, 0.25) is 0 Å². The minimum atomic E-state index is 0.321. The van der Waals surface area contributed by atoms with E-state index in [0.717, 1.165) is 16.0 Å². The van der Waals surface area contributed by atoms with Crippen molar-refractivity contribution in [3.63, 3.8) is 0 Å². The molecule has 0 saturated carbocycles. The largest absolute Gasteiger partial charge is 0.486 e. The number of rotatable bonds is 3.